The summed E-state index contributed by atoms with van der Waals surface area (Å²) in [4.78, 5) is 11.7. The Kier molecular flexibility index (Phi) is 6.26. The van der Waals surface area contributed by atoms with Crippen LogP contribution in [0.15, 0.2) is 23.2 Å². The van der Waals surface area contributed by atoms with Gasteiger partial charge in [0.15, 0.2) is 5.96 Å². The zero-order valence-corrected chi connectivity index (χ0v) is 16.7. The number of guanidine groups is 1. The molecule has 2 N–H and O–H groups in total. The molecule has 1 aromatic carbocycles. The third-order valence-electron chi connectivity index (χ3n) is 4.65. The number of nitrogens with one attached hydrogen (secondary N) is 2. The van der Waals surface area contributed by atoms with Crippen LogP contribution in [-0.4, -0.2) is 43.7 Å². The van der Waals surface area contributed by atoms with Crippen LogP contribution in [0.4, 0.5) is 14.5 Å². The number of halogens is 2. The monoisotopic (exact) mass is 393 g/mol. The summed E-state index contributed by atoms with van der Waals surface area (Å²) in [6, 6.07) is 4.06. The van der Waals surface area contributed by atoms with Gasteiger partial charge in [-0.3, -0.25) is 4.99 Å². The van der Waals surface area contributed by atoms with Crippen molar-refractivity contribution in [2.24, 2.45) is 4.99 Å². The molecule has 5 nitrogen and oxygen atoms in total. The van der Waals surface area contributed by atoms with Gasteiger partial charge < -0.3 is 15.5 Å². The van der Waals surface area contributed by atoms with Crippen LogP contribution >= 0.6 is 11.3 Å². The third kappa shape index (κ3) is 4.74. The maximum Gasteiger partial charge on any atom is 0.191 e. The molecule has 146 valence electrons. The SMILES string of the molecule is CN=C(NCCc1sc(C)nc1C)NC1CCN(c2c(F)cccc2F)C1. The molecule has 0 aliphatic carbocycles. The lowest BCUT2D eigenvalue weighted by molar-refractivity contribution is 0.576. The van der Waals surface area contributed by atoms with Crippen molar-refractivity contribution in [2.75, 3.05) is 31.6 Å². The van der Waals surface area contributed by atoms with Gasteiger partial charge in [0, 0.05) is 44.0 Å². The van der Waals surface area contributed by atoms with Gasteiger partial charge in [-0.15, -0.1) is 11.3 Å². The lowest BCUT2D eigenvalue weighted by Crippen LogP contribution is -2.45. The topological polar surface area (TPSA) is 52.6 Å². The van der Waals surface area contributed by atoms with Gasteiger partial charge in [0.05, 0.1) is 10.7 Å². The van der Waals surface area contributed by atoms with Gasteiger partial charge >= 0.3 is 0 Å². The molecule has 1 aliphatic rings. The summed E-state index contributed by atoms with van der Waals surface area (Å²) in [5.41, 5.74) is 1.14. The Labute approximate surface area is 162 Å². The van der Waals surface area contributed by atoms with E-state index in [0.717, 1.165) is 30.1 Å². The molecular formula is C19H25F2N5S. The van der Waals surface area contributed by atoms with Crippen molar-refractivity contribution >= 4 is 23.0 Å². The molecule has 1 atom stereocenters. The van der Waals surface area contributed by atoms with Crippen LogP contribution in [0, 0.1) is 25.5 Å². The van der Waals surface area contributed by atoms with Crippen LogP contribution < -0.4 is 15.5 Å². The smallest absolute Gasteiger partial charge is 0.191 e. The Balaban J connectivity index is 1.51. The van der Waals surface area contributed by atoms with E-state index < -0.39 is 11.6 Å². The Bertz CT molecular complexity index is 800. The Hall–Kier alpha value is -2.22. The number of hydrogen-bond acceptors (Lipinski definition) is 4. The molecule has 3 rings (SSSR count). The number of para-hydroxylation sites is 1. The zero-order valence-electron chi connectivity index (χ0n) is 15.9. The van der Waals surface area contributed by atoms with Crippen molar-refractivity contribution in [3.05, 3.63) is 45.4 Å². The van der Waals surface area contributed by atoms with Crippen LogP contribution in [0.25, 0.3) is 0 Å². The summed E-state index contributed by atoms with van der Waals surface area (Å²) in [5.74, 6) is -0.337. The average molecular weight is 394 g/mol. The number of hydrogen-bond donors (Lipinski definition) is 2. The second-order valence-corrected chi connectivity index (χ2v) is 7.92. The number of aliphatic imine (C=N–C) groups is 1. The number of anilines is 1. The fourth-order valence-corrected chi connectivity index (χ4v) is 4.30. The van der Waals surface area contributed by atoms with E-state index in [-0.39, 0.29) is 11.7 Å². The standard InChI is InChI=1S/C19H25F2N5S/c1-12-17(27-13(2)24-12)7-9-23-19(22-3)25-14-8-10-26(11-14)18-15(20)5-4-6-16(18)21/h4-6,14H,7-11H2,1-3H3,(H2,22,23,25). The first-order chi connectivity index (χ1) is 13.0. The zero-order chi connectivity index (χ0) is 19.4. The summed E-state index contributed by atoms with van der Waals surface area (Å²) in [7, 11) is 1.72. The Morgan fingerprint density at radius 3 is 2.70 bits per heavy atom. The summed E-state index contributed by atoms with van der Waals surface area (Å²) in [6.07, 6.45) is 1.68. The van der Waals surface area contributed by atoms with Crippen molar-refractivity contribution in [3.63, 3.8) is 0 Å². The highest BCUT2D eigenvalue weighted by Crippen LogP contribution is 2.26. The third-order valence-corrected chi connectivity index (χ3v) is 5.78. The first-order valence-electron chi connectivity index (χ1n) is 9.07. The lowest BCUT2D eigenvalue weighted by Gasteiger charge is -2.21. The van der Waals surface area contributed by atoms with Gasteiger partial charge in [0.25, 0.3) is 0 Å². The fourth-order valence-electron chi connectivity index (χ4n) is 3.36. The Morgan fingerprint density at radius 1 is 1.33 bits per heavy atom. The quantitative estimate of drug-likeness (QED) is 0.606. The van der Waals surface area contributed by atoms with E-state index in [4.69, 9.17) is 0 Å². The van der Waals surface area contributed by atoms with Crippen LogP contribution in [0.5, 0.6) is 0 Å². The molecule has 0 bridgehead atoms. The molecule has 1 aromatic heterocycles. The average Bonchev–Trinajstić information content (AvgIpc) is 3.20. The van der Waals surface area contributed by atoms with E-state index >= 15 is 0 Å². The summed E-state index contributed by atoms with van der Waals surface area (Å²) < 4.78 is 28.0. The molecule has 8 heteroatoms. The van der Waals surface area contributed by atoms with Crippen molar-refractivity contribution in [3.8, 4) is 0 Å². The first-order valence-corrected chi connectivity index (χ1v) is 9.88. The molecule has 1 aliphatic heterocycles. The van der Waals surface area contributed by atoms with Crippen molar-refractivity contribution in [1.29, 1.82) is 0 Å². The lowest BCUT2D eigenvalue weighted by atomic mass is 10.2. The van der Waals surface area contributed by atoms with Crippen molar-refractivity contribution in [2.45, 2.75) is 32.7 Å². The molecule has 1 unspecified atom stereocenters. The van der Waals surface area contributed by atoms with E-state index in [1.54, 1.807) is 23.3 Å². The number of aryl methyl sites for hydroxylation is 2. The highest BCUT2D eigenvalue weighted by atomic mass is 32.1. The van der Waals surface area contributed by atoms with Gasteiger partial charge in [0.2, 0.25) is 0 Å². The number of nitrogens with zero attached hydrogens (tertiary/aromatic N) is 3. The molecule has 1 saturated heterocycles. The van der Waals surface area contributed by atoms with Gasteiger partial charge in [-0.1, -0.05) is 6.07 Å². The molecule has 0 radical (unpaired) electrons. The molecular weight excluding hydrogens is 368 g/mol. The molecule has 0 spiro atoms. The van der Waals surface area contributed by atoms with Crippen LogP contribution in [0.3, 0.4) is 0 Å². The molecule has 0 amide bonds. The number of benzene rings is 1. The Morgan fingerprint density at radius 2 is 2.07 bits per heavy atom. The summed E-state index contributed by atoms with van der Waals surface area (Å²) in [6.45, 7) is 5.93. The first kappa shape index (κ1) is 19.5. The molecule has 27 heavy (non-hydrogen) atoms. The minimum absolute atomic E-state index is 0.0563. The number of rotatable bonds is 5. The van der Waals surface area contributed by atoms with Crippen molar-refractivity contribution < 1.29 is 8.78 Å². The molecule has 2 heterocycles. The van der Waals surface area contributed by atoms with E-state index in [2.05, 4.69) is 20.6 Å². The normalized spacial score (nSPS) is 17.4. The largest absolute Gasteiger partial charge is 0.365 e. The van der Waals surface area contributed by atoms with Crippen LogP contribution in [-0.2, 0) is 6.42 Å². The minimum atomic E-state index is -0.520. The molecule has 2 aromatic rings. The van der Waals surface area contributed by atoms with Crippen LogP contribution in [0.2, 0.25) is 0 Å². The maximum atomic E-state index is 14.0. The molecule has 0 saturated carbocycles. The number of aromatic nitrogens is 1. The maximum absolute atomic E-state index is 14.0. The fraction of sp³-hybridized carbons (Fsp3) is 0.474. The van der Waals surface area contributed by atoms with Gasteiger partial charge in [-0.05, 0) is 32.4 Å². The minimum Gasteiger partial charge on any atom is -0.365 e. The summed E-state index contributed by atoms with van der Waals surface area (Å²) in [5, 5.41) is 7.74. The highest BCUT2D eigenvalue weighted by Gasteiger charge is 2.27. The van der Waals surface area contributed by atoms with E-state index in [1.165, 1.54) is 23.1 Å². The molecule has 1 fully saturated rings. The van der Waals surface area contributed by atoms with Crippen molar-refractivity contribution in [1.82, 2.24) is 15.6 Å². The summed E-state index contributed by atoms with van der Waals surface area (Å²) >= 11 is 1.72. The number of thiazole rings is 1. The predicted octanol–water partition coefficient (Wildman–Crippen LogP) is 3.02. The second kappa shape index (κ2) is 8.65. The van der Waals surface area contributed by atoms with Gasteiger partial charge in [-0.25, -0.2) is 13.8 Å². The second-order valence-electron chi connectivity index (χ2n) is 6.64. The van der Waals surface area contributed by atoms with E-state index in [0.29, 0.717) is 19.0 Å². The van der Waals surface area contributed by atoms with Crippen LogP contribution in [0.1, 0.15) is 22.0 Å². The predicted molar refractivity (Wildman–Crippen MR) is 107 cm³/mol. The highest BCUT2D eigenvalue weighted by molar-refractivity contribution is 7.11. The van der Waals surface area contributed by atoms with E-state index in [9.17, 15) is 8.78 Å². The van der Waals surface area contributed by atoms with Gasteiger partial charge in [0.1, 0.15) is 17.3 Å². The van der Waals surface area contributed by atoms with E-state index in [1.807, 2.05) is 13.8 Å². The van der Waals surface area contributed by atoms with Gasteiger partial charge in [-0.2, -0.15) is 0 Å².